The van der Waals surface area contributed by atoms with E-state index in [9.17, 15) is 23.6 Å². The number of nitro groups is 1. The van der Waals surface area contributed by atoms with Gasteiger partial charge in [-0.2, -0.15) is 0 Å². The minimum atomic E-state index is -3.35. The zero-order valence-corrected chi connectivity index (χ0v) is 11.3. The van der Waals surface area contributed by atoms with Crippen LogP contribution in [0.15, 0.2) is 47.4 Å². The highest BCUT2D eigenvalue weighted by Gasteiger charge is 2.15. The van der Waals surface area contributed by atoms with Crippen molar-refractivity contribution in [2.45, 2.75) is 4.90 Å². The van der Waals surface area contributed by atoms with Gasteiger partial charge in [0.1, 0.15) is 0 Å². The van der Waals surface area contributed by atoms with Gasteiger partial charge in [-0.1, -0.05) is 18.2 Å². The monoisotopic (exact) mass is 293 g/mol. The van der Waals surface area contributed by atoms with Gasteiger partial charge < -0.3 is 5.11 Å². The van der Waals surface area contributed by atoms with Crippen molar-refractivity contribution in [3.05, 3.63) is 52.6 Å². The Hall–Kier alpha value is -2.41. The second-order valence-corrected chi connectivity index (χ2v) is 6.28. The van der Waals surface area contributed by atoms with Gasteiger partial charge in [-0.25, -0.2) is 8.42 Å². The van der Waals surface area contributed by atoms with Gasteiger partial charge in [0.25, 0.3) is 0 Å². The topological polar surface area (TPSA) is 97.5 Å². The van der Waals surface area contributed by atoms with E-state index in [4.69, 9.17) is 0 Å². The summed E-state index contributed by atoms with van der Waals surface area (Å²) in [7, 11) is -3.35. The summed E-state index contributed by atoms with van der Waals surface area (Å²) in [5.74, 6) is -0.432. The summed E-state index contributed by atoms with van der Waals surface area (Å²) in [6.07, 6.45) is 1.09. The maximum atomic E-state index is 11.5. The van der Waals surface area contributed by atoms with Crippen molar-refractivity contribution >= 4 is 15.5 Å². The lowest BCUT2D eigenvalue weighted by Gasteiger charge is -2.05. The van der Waals surface area contributed by atoms with E-state index in [0.29, 0.717) is 11.1 Å². The zero-order valence-electron chi connectivity index (χ0n) is 10.5. The molecule has 0 aliphatic carbocycles. The van der Waals surface area contributed by atoms with Crippen LogP contribution < -0.4 is 0 Å². The lowest BCUT2D eigenvalue weighted by molar-refractivity contribution is -0.385. The molecule has 6 nitrogen and oxygen atoms in total. The molecule has 0 saturated heterocycles. The highest BCUT2D eigenvalue weighted by Crippen LogP contribution is 2.31. The Kier molecular flexibility index (Phi) is 3.46. The first-order valence-electron chi connectivity index (χ1n) is 5.57. The quantitative estimate of drug-likeness (QED) is 0.692. The third-order valence-electron chi connectivity index (χ3n) is 2.77. The number of hydrogen-bond acceptors (Lipinski definition) is 5. The molecule has 2 aromatic carbocycles. The maximum absolute atomic E-state index is 11.5. The summed E-state index contributed by atoms with van der Waals surface area (Å²) in [5.41, 5.74) is 0.559. The van der Waals surface area contributed by atoms with Crippen LogP contribution in [0.1, 0.15) is 0 Å². The second kappa shape index (κ2) is 4.93. The van der Waals surface area contributed by atoms with Crippen LogP contribution in [0.3, 0.4) is 0 Å². The third kappa shape index (κ3) is 2.77. The van der Waals surface area contributed by atoms with Gasteiger partial charge in [0.05, 0.1) is 9.82 Å². The minimum absolute atomic E-state index is 0.130. The molecule has 0 amide bonds. The fraction of sp³-hybridized carbons (Fsp3) is 0.0769. The van der Waals surface area contributed by atoms with Crippen molar-refractivity contribution in [1.82, 2.24) is 0 Å². The molecule has 0 fully saturated rings. The molecule has 0 saturated carbocycles. The Labute approximate surface area is 115 Å². The number of hydrogen-bond donors (Lipinski definition) is 1. The summed E-state index contributed by atoms with van der Waals surface area (Å²) >= 11 is 0. The molecule has 0 bridgehead atoms. The Morgan fingerprint density at radius 1 is 1.10 bits per heavy atom. The van der Waals surface area contributed by atoms with Crippen molar-refractivity contribution < 1.29 is 18.4 Å². The lowest BCUT2D eigenvalue weighted by Crippen LogP contribution is -1.97. The molecular formula is C13H11NO5S. The summed E-state index contributed by atoms with van der Waals surface area (Å²) in [6.45, 7) is 0. The Balaban J connectivity index is 2.58. The van der Waals surface area contributed by atoms with E-state index < -0.39 is 26.2 Å². The van der Waals surface area contributed by atoms with Gasteiger partial charge in [-0.15, -0.1) is 0 Å². The summed E-state index contributed by atoms with van der Waals surface area (Å²) < 4.78 is 23.0. The first kappa shape index (κ1) is 14.0. The first-order valence-corrected chi connectivity index (χ1v) is 7.46. The van der Waals surface area contributed by atoms with Gasteiger partial charge >= 0.3 is 5.69 Å². The Morgan fingerprint density at radius 2 is 1.75 bits per heavy atom. The van der Waals surface area contributed by atoms with Crippen LogP contribution >= 0.6 is 0 Å². The molecule has 0 aromatic heterocycles. The van der Waals surface area contributed by atoms with Crippen LogP contribution in [-0.2, 0) is 9.84 Å². The molecule has 0 spiro atoms. The van der Waals surface area contributed by atoms with Crippen LogP contribution in [0.25, 0.3) is 11.1 Å². The number of sulfone groups is 1. The number of nitro benzene ring substituents is 1. The van der Waals surface area contributed by atoms with E-state index in [-0.39, 0.29) is 4.90 Å². The van der Waals surface area contributed by atoms with E-state index in [2.05, 4.69) is 0 Å². The predicted molar refractivity (Wildman–Crippen MR) is 73.3 cm³/mol. The number of benzene rings is 2. The van der Waals surface area contributed by atoms with Crippen molar-refractivity contribution in [2.24, 2.45) is 0 Å². The molecule has 0 unspecified atom stereocenters. The normalized spacial score (nSPS) is 11.2. The first-order chi connectivity index (χ1) is 9.29. The van der Waals surface area contributed by atoms with Crippen LogP contribution in [0, 0.1) is 10.1 Å². The highest BCUT2D eigenvalue weighted by atomic mass is 32.2. The smallest absolute Gasteiger partial charge is 0.311 e. The van der Waals surface area contributed by atoms with Gasteiger partial charge in [0.15, 0.2) is 15.6 Å². The van der Waals surface area contributed by atoms with E-state index in [1.165, 1.54) is 30.3 Å². The van der Waals surface area contributed by atoms with Crippen molar-refractivity contribution in [1.29, 1.82) is 0 Å². The third-order valence-corrected chi connectivity index (χ3v) is 3.88. The zero-order chi connectivity index (χ0) is 14.9. The molecule has 20 heavy (non-hydrogen) atoms. The van der Waals surface area contributed by atoms with Crippen LogP contribution in [-0.4, -0.2) is 24.7 Å². The number of nitrogens with zero attached hydrogens (tertiary/aromatic N) is 1. The van der Waals surface area contributed by atoms with E-state index >= 15 is 0 Å². The molecular weight excluding hydrogens is 282 g/mol. The minimum Gasteiger partial charge on any atom is -0.502 e. The summed E-state index contributed by atoms with van der Waals surface area (Å²) in [6, 6.07) is 10.00. The number of rotatable bonds is 3. The van der Waals surface area contributed by atoms with Crippen molar-refractivity contribution in [3.8, 4) is 16.9 Å². The Morgan fingerprint density at radius 3 is 2.35 bits per heavy atom. The highest BCUT2D eigenvalue weighted by molar-refractivity contribution is 7.90. The average molecular weight is 293 g/mol. The lowest BCUT2D eigenvalue weighted by atomic mass is 10.0. The Bertz CT molecular complexity index is 783. The van der Waals surface area contributed by atoms with E-state index in [0.717, 1.165) is 6.26 Å². The fourth-order valence-electron chi connectivity index (χ4n) is 1.76. The summed E-state index contributed by atoms with van der Waals surface area (Å²) in [5, 5.41) is 20.2. The largest absolute Gasteiger partial charge is 0.502 e. The predicted octanol–water partition coefficient (Wildman–Crippen LogP) is 2.37. The SMILES string of the molecule is CS(=O)(=O)c1cccc(-c2ccc(O)c([N+](=O)[O-])c2)c1. The molecule has 0 radical (unpaired) electrons. The van der Waals surface area contributed by atoms with Gasteiger partial charge in [-0.05, 0) is 29.3 Å². The summed E-state index contributed by atoms with van der Waals surface area (Å²) in [4.78, 5) is 10.2. The van der Waals surface area contributed by atoms with E-state index in [1.54, 1.807) is 12.1 Å². The number of phenols is 1. The molecule has 1 N–H and O–H groups in total. The molecule has 7 heteroatoms. The maximum Gasteiger partial charge on any atom is 0.311 e. The molecule has 0 atom stereocenters. The van der Waals surface area contributed by atoms with Crippen molar-refractivity contribution in [3.63, 3.8) is 0 Å². The molecule has 2 aromatic rings. The van der Waals surface area contributed by atoms with E-state index in [1.807, 2.05) is 0 Å². The van der Waals surface area contributed by atoms with Gasteiger partial charge in [-0.3, -0.25) is 10.1 Å². The molecule has 2 rings (SSSR count). The number of aromatic hydroxyl groups is 1. The van der Waals surface area contributed by atoms with Gasteiger partial charge in [0.2, 0.25) is 0 Å². The average Bonchev–Trinajstić information content (AvgIpc) is 2.38. The molecule has 0 aliphatic rings. The van der Waals surface area contributed by atoms with Crippen LogP contribution in [0.2, 0.25) is 0 Å². The van der Waals surface area contributed by atoms with Crippen molar-refractivity contribution in [2.75, 3.05) is 6.26 Å². The molecule has 104 valence electrons. The molecule has 0 heterocycles. The molecule has 0 aliphatic heterocycles. The second-order valence-electron chi connectivity index (χ2n) is 4.26. The van der Waals surface area contributed by atoms with Gasteiger partial charge in [0, 0.05) is 12.3 Å². The fourth-order valence-corrected chi connectivity index (χ4v) is 2.42. The van der Waals surface area contributed by atoms with Crippen LogP contribution in [0.5, 0.6) is 5.75 Å². The van der Waals surface area contributed by atoms with Crippen LogP contribution in [0.4, 0.5) is 5.69 Å². The number of phenolic OH excluding ortho intramolecular Hbond substituents is 1. The standard InChI is InChI=1S/C13H11NO5S/c1-20(18,19)11-4-2-3-9(7-11)10-5-6-13(15)12(8-10)14(16)17/h2-8,15H,1H3.